The van der Waals surface area contributed by atoms with Gasteiger partial charge in [-0.15, -0.1) is 0 Å². The van der Waals surface area contributed by atoms with E-state index in [1.54, 1.807) is 24.3 Å². The highest BCUT2D eigenvalue weighted by Crippen LogP contribution is 2.32. The number of rotatable bonds is 4. The van der Waals surface area contributed by atoms with E-state index in [1.165, 1.54) is 24.3 Å². The molecule has 3 aromatic heterocycles. The molecule has 8 bridgehead atoms. The molecule has 0 fully saturated rings. The fourth-order valence-electron chi connectivity index (χ4n) is 5.23. The zero-order valence-electron chi connectivity index (χ0n) is 21.9. The van der Waals surface area contributed by atoms with Crippen molar-refractivity contribution in [3.63, 3.8) is 0 Å². The number of carbonyl (C=O) groups is 2. The maximum atomic E-state index is 11.3. The first-order valence-corrected chi connectivity index (χ1v) is 13.2. The highest BCUT2D eigenvalue weighted by Gasteiger charge is 2.13. The number of hydrogen-bond donors (Lipinski definition) is 2. The zero-order valence-corrected chi connectivity index (χ0v) is 21.9. The van der Waals surface area contributed by atoms with Crippen molar-refractivity contribution < 1.29 is 19.8 Å². The molecule has 0 saturated heterocycles. The minimum absolute atomic E-state index is 0.101. The fourth-order valence-corrected chi connectivity index (χ4v) is 5.23. The minimum Gasteiger partial charge on any atom is -0.545 e. The van der Waals surface area contributed by atoms with Crippen LogP contribution in [0, 0.1) is 0 Å². The van der Waals surface area contributed by atoms with E-state index in [-0.39, 0.29) is 11.1 Å². The molecular weight excluding hydrogens is 528 g/mol. The molecule has 2 aliphatic rings. The molecule has 8 heteroatoms. The Morgan fingerprint density at radius 1 is 0.524 bits per heavy atom. The fraction of sp³-hybridized carbons (Fsp3) is 0. The third kappa shape index (κ3) is 4.56. The smallest absolute Gasteiger partial charge is 0.0736 e. The summed E-state index contributed by atoms with van der Waals surface area (Å²) in [7, 11) is 0. The molecule has 202 valence electrons. The number of fused-ring (bicyclic) bond motifs is 8. The summed E-state index contributed by atoms with van der Waals surface area (Å²) in [5.41, 5.74) is 9.66. The first-order chi connectivity index (χ1) is 20.4. The Bertz CT molecular complexity index is 1980. The van der Waals surface area contributed by atoms with E-state index < -0.39 is 11.9 Å². The third-order valence-electron chi connectivity index (χ3n) is 7.22. The van der Waals surface area contributed by atoms with Gasteiger partial charge in [0.05, 0.1) is 34.7 Å². The average Bonchev–Trinajstić information content (AvgIpc) is 3.80. The van der Waals surface area contributed by atoms with Crippen LogP contribution in [0.2, 0.25) is 0 Å². The Balaban J connectivity index is 1.50. The standard InChI is InChI=1S/C34H22N4O4/c39-33(40)21-5-1-19(2-6-21)31-27-13-9-23(35-27)17-25-11-15-29(37-25)32(20-3-7-22(8-4-20)34(41)42)30-16-12-26(38-30)18-24-10-14-28(31)36-24/h1-18,35,38H,(H,39,40)(H,41,42)/p-2. The normalized spacial score (nSPS) is 12.0. The Morgan fingerprint density at radius 2 is 0.929 bits per heavy atom. The molecule has 0 aliphatic carbocycles. The molecule has 0 atom stereocenters. The first kappa shape index (κ1) is 25.0. The number of carbonyl (C=O) groups excluding carboxylic acids is 2. The van der Waals surface area contributed by atoms with Crippen molar-refractivity contribution in [2.75, 3.05) is 0 Å². The highest BCUT2D eigenvalue weighted by atomic mass is 16.4. The van der Waals surface area contributed by atoms with Crippen LogP contribution in [0.5, 0.6) is 0 Å². The van der Waals surface area contributed by atoms with Gasteiger partial charge in [-0.05, 0) is 83.0 Å². The van der Waals surface area contributed by atoms with Crippen LogP contribution < -0.4 is 10.2 Å². The topological polar surface area (TPSA) is 138 Å². The number of aromatic carboxylic acids is 2. The lowest BCUT2D eigenvalue weighted by Crippen LogP contribution is -2.21. The van der Waals surface area contributed by atoms with Crippen LogP contribution in [0.1, 0.15) is 43.5 Å². The third-order valence-corrected chi connectivity index (χ3v) is 7.22. The molecule has 2 N–H and O–H groups in total. The molecule has 0 spiro atoms. The number of nitrogens with zero attached hydrogens (tertiary/aromatic N) is 2. The summed E-state index contributed by atoms with van der Waals surface area (Å²) in [4.78, 5) is 39.3. The minimum atomic E-state index is -1.23. The van der Waals surface area contributed by atoms with Gasteiger partial charge in [0.15, 0.2) is 0 Å². The van der Waals surface area contributed by atoms with Crippen molar-refractivity contribution in [2.24, 2.45) is 0 Å². The quantitative estimate of drug-likeness (QED) is 0.327. The lowest BCUT2D eigenvalue weighted by Gasteiger charge is -2.07. The van der Waals surface area contributed by atoms with Crippen molar-refractivity contribution in [3.8, 4) is 22.3 Å². The molecule has 2 aliphatic heterocycles. The maximum absolute atomic E-state index is 11.3. The largest absolute Gasteiger partial charge is 0.545 e. The molecule has 8 nitrogen and oxygen atoms in total. The monoisotopic (exact) mass is 548 g/mol. The SMILES string of the molecule is O=C([O-])c1ccc(-c2c3nc(cc4ccc([nH]4)c(-c4ccc(C(=O)[O-])cc4)c4nc(cc5ccc2[nH]5)C=C4)C=C3)cc1. The van der Waals surface area contributed by atoms with Gasteiger partial charge < -0.3 is 29.8 Å². The number of H-pyrrole nitrogens is 2. The van der Waals surface area contributed by atoms with Crippen LogP contribution in [-0.2, 0) is 0 Å². The average molecular weight is 549 g/mol. The summed E-state index contributed by atoms with van der Waals surface area (Å²) in [5, 5.41) is 22.6. The summed E-state index contributed by atoms with van der Waals surface area (Å²) >= 11 is 0. The number of nitrogens with one attached hydrogen (secondary N) is 2. The van der Waals surface area contributed by atoms with E-state index in [2.05, 4.69) is 9.97 Å². The van der Waals surface area contributed by atoms with Crippen LogP contribution in [0.15, 0.2) is 84.9 Å². The van der Waals surface area contributed by atoms with Crippen molar-refractivity contribution in [2.45, 2.75) is 0 Å². The number of hydrogen-bond acceptors (Lipinski definition) is 6. The van der Waals surface area contributed by atoms with Gasteiger partial charge in [-0.1, -0.05) is 48.5 Å². The van der Waals surface area contributed by atoms with Gasteiger partial charge >= 0.3 is 0 Å². The van der Waals surface area contributed by atoms with Gasteiger partial charge in [-0.25, -0.2) is 9.97 Å². The van der Waals surface area contributed by atoms with E-state index >= 15 is 0 Å². The number of aromatic nitrogens is 4. The van der Waals surface area contributed by atoms with Crippen LogP contribution in [0.4, 0.5) is 0 Å². The number of carboxylic acids is 2. The summed E-state index contributed by atoms with van der Waals surface area (Å²) in [5.74, 6) is -2.46. The van der Waals surface area contributed by atoms with Crippen molar-refractivity contribution in [3.05, 3.63) is 119 Å². The number of aromatic amines is 2. The summed E-state index contributed by atoms with van der Waals surface area (Å²) in [6.45, 7) is 0. The van der Waals surface area contributed by atoms with Crippen LogP contribution in [0.3, 0.4) is 0 Å². The van der Waals surface area contributed by atoms with Gasteiger partial charge in [-0.2, -0.15) is 0 Å². The molecule has 2 aromatic carbocycles. The van der Waals surface area contributed by atoms with E-state index in [9.17, 15) is 19.8 Å². The second-order valence-electron chi connectivity index (χ2n) is 9.93. The first-order valence-electron chi connectivity index (χ1n) is 13.2. The highest BCUT2D eigenvalue weighted by molar-refractivity contribution is 5.94. The Labute approximate surface area is 239 Å². The molecule has 0 amide bonds. The van der Waals surface area contributed by atoms with Crippen molar-refractivity contribution in [1.82, 2.24) is 19.9 Å². The van der Waals surface area contributed by atoms with Crippen LogP contribution in [-0.4, -0.2) is 31.9 Å². The van der Waals surface area contributed by atoms with Gasteiger partial charge in [0.25, 0.3) is 0 Å². The molecule has 0 unspecified atom stereocenters. The molecular formula is C34H20N4O4-2. The predicted octanol–water partition coefficient (Wildman–Crippen LogP) is 4.72. The lowest BCUT2D eigenvalue weighted by atomic mass is 10.0. The van der Waals surface area contributed by atoms with Gasteiger partial charge in [-0.3, -0.25) is 0 Å². The molecule has 0 radical (unpaired) electrons. The van der Waals surface area contributed by atoms with Crippen LogP contribution in [0.25, 0.3) is 68.6 Å². The van der Waals surface area contributed by atoms with E-state index in [0.717, 1.165) is 67.1 Å². The van der Waals surface area contributed by atoms with Gasteiger partial charge in [0.1, 0.15) is 0 Å². The maximum Gasteiger partial charge on any atom is 0.0736 e. The number of benzene rings is 2. The van der Waals surface area contributed by atoms with Crippen molar-refractivity contribution in [1.29, 1.82) is 0 Å². The molecule has 5 heterocycles. The van der Waals surface area contributed by atoms with E-state index in [4.69, 9.17) is 9.97 Å². The lowest BCUT2D eigenvalue weighted by molar-refractivity contribution is -0.256. The second-order valence-corrected chi connectivity index (χ2v) is 9.93. The van der Waals surface area contributed by atoms with Gasteiger partial charge in [0, 0.05) is 33.2 Å². The summed E-state index contributed by atoms with van der Waals surface area (Å²) < 4.78 is 0. The Hall–Kier alpha value is -6.02. The van der Waals surface area contributed by atoms with Crippen LogP contribution >= 0.6 is 0 Å². The van der Waals surface area contributed by atoms with E-state index in [0.29, 0.717) is 0 Å². The van der Waals surface area contributed by atoms with Gasteiger partial charge in [0.2, 0.25) is 0 Å². The molecule has 7 rings (SSSR count). The predicted molar refractivity (Wildman–Crippen MR) is 158 cm³/mol. The molecule has 42 heavy (non-hydrogen) atoms. The second kappa shape index (κ2) is 9.87. The Kier molecular flexibility index (Phi) is 5.87. The summed E-state index contributed by atoms with van der Waals surface area (Å²) in [6.07, 6.45) is 7.71. The van der Waals surface area contributed by atoms with Crippen molar-refractivity contribution >= 4 is 58.3 Å². The molecule has 5 aromatic rings. The Morgan fingerprint density at radius 3 is 1.31 bits per heavy atom. The molecule has 0 saturated carbocycles. The van der Waals surface area contributed by atoms with E-state index in [1.807, 2.05) is 60.7 Å². The summed E-state index contributed by atoms with van der Waals surface area (Å²) in [6, 6.07) is 24.8. The zero-order chi connectivity index (χ0) is 28.8. The number of carboxylic acid groups (broad SMARTS) is 2.